The van der Waals surface area contributed by atoms with E-state index in [0.717, 1.165) is 79.4 Å². The second-order valence-electron chi connectivity index (χ2n) is 10.7. The summed E-state index contributed by atoms with van der Waals surface area (Å²) in [6.45, 7) is 14.0. The van der Waals surface area contributed by atoms with Crippen LogP contribution in [0.25, 0.3) is 22.3 Å². The van der Waals surface area contributed by atoms with Crippen molar-refractivity contribution in [3.8, 4) is 28.0 Å². The number of rotatable bonds is 9. The molecule has 0 saturated carbocycles. The summed E-state index contributed by atoms with van der Waals surface area (Å²) >= 11 is 0. The average Bonchev–Trinajstić information content (AvgIpc) is 2.94. The van der Waals surface area contributed by atoms with Gasteiger partial charge in [-0.15, -0.1) is 6.58 Å². The highest BCUT2D eigenvalue weighted by Crippen LogP contribution is 2.49. The quantitative estimate of drug-likeness (QED) is 0.160. The van der Waals surface area contributed by atoms with Crippen molar-refractivity contribution < 1.29 is 14.3 Å². The predicted molar refractivity (Wildman–Crippen MR) is 162 cm³/mol. The second kappa shape index (κ2) is 12.6. The minimum absolute atomic E-state index is 0.0126. The molecule has 204 valence electrons. The molecular formula is C36H42O3. The number of Topliss-reactive ketones (excluding diaryl/α,β-unsaturated/α-hetero) is 2. The number of fused-ring (bicyclic) bond motifs is 7. The van der Waals surface area contributed by atoms with Crippen molar-refractivity contribution in [2.24, 2.45) is 0 Å². The summed E-state index contributed by atoms with van der Waals surface area (Å²) in [6, 6.07) is 14.9. The fraction of sp³-hybridized carbons (Fsp3) is 0.389. The molecule has 2 aliphatic carbocycles. The molecule has 5 rings (SSSR count). The third kappa shape index (κ3) is 5.78. The lowest BCUT2D eigenvalue weighted by Crippen LogP contribution is -2.21. The van der Waals surface area contributed by atoms with Crippen LogP contribution < -0.4 is 4.74 Å². The van der Waals surface area contributed by atoms with E-state index in [2.05, 4.69) is 56.0 Å². The van der Waals surface area contributed by atoms with Gasteiger partial charge in [0.2, 0.25) is 0 Å². The van der Waals surface area contributed by atoms with Crippen molar-refractivity contribution in [2.75, 3.05) is 6.61 Å². The number of hydrogen-bond donors (Lipinski definition) is 0. The lowest BCUT2D eigenvalue weighted by atomic mass is 9.70. The van der Waals surface area contributed by atoms with Crippen LogP contribution in [0, 0.1) is 0 Å². The van der Waals surface area contributed by atoms with Crippen LogP contribution in [0.4, 0.5) is 0 Å². The molecule has 0 aliphatic heterocycles. The third-order valence-electron chi connectivity index (χ3n) is 7.85. The maximum Gasteiger partial charge on any atom is 0.160 e. The first-order valence-corrected chi connectivity index (χ1v) is 14.6. The zero-order valence-corrected chi connectivity index (χ0v) is 24.3. The molecule has 0 atom stereocenters. The predicted octanol–water partition coefficient (Wildman–Crippen LogP) is 9.16. The standard InChI is InChI=1S/C34H36O3.C2H6/c1-21(2)10-6-5-9-19-37-26-15-18-28-25(20-26)14-17-30-32(23(4)36)31(22(3)35)29-16-13-24-11-7-8-12-27(24)33(29)34(28)30;1-2/h7-8,11-12,15,18,20H,1,5-6,9-10,13-14,16-17,19H2,2-4H3;1-2H3. The van der Waals surface area contributed by atoms with Crippen molar-refractivity contribution in [1.82, 2.24) is 0 Å². The summed E-state index contributed by atoms with van der Waals surface area (Å²) in [5, 5.41) is 0. The van der Waals surface area contributed by atoms with Gasteiger partial charge in [0.05, 0.1) is 6.61 Å². The molecule has 39 heavy (non-hydrogen) atoms. The molecule has 2 aliphatic rings. The van der Waals surface area contributed by atoms with Crippen molar-refractivity contribution in [3.63, 3.8) is 0 Å². The number of hydrogen-bond acceptors (Lipinski definition) is 3. The Morgan fingerprint density at radius 1 is 0.744 bits per heavy atom. The molecule has 3 heteroatoms. The van der Waals surface area contributed by atoms with Gasteiger partial charge in [-0.05, 0) is 129 Å². The van der Waals surface area contributed by atoms with E-state index < -0.39 is 0 Å². The number of carbonyl (C=O) groups excluding carboxylic acids is 2. The van der Waals surface area contributed by atoms with E-state index in [0.29, 0.717) is 17.7 Å². The summed E-state index contributed by atoms with van der Waals surface area (Å²) in [5.41, 5.74) is 11.8. The Hall–Kier alpha value is -3.46. The summed E-state index contributed by atoms with van der Waals surface area (Å²) < 4.78 is 6.13. The Morgan fingerprint density at radius 3 is 1.95 bits per heavy atom. The molecule has 0 spiro atoms. The van der Waals surface area contributed by atoms with Crippen molar-refractivity contribution in [2.45, 2.75) is 86.0 Å². The van der Waals surface area contributed by atoms with Gasteiger partial charge in [-0.25, -0.2) is 0 Å². The first kappa shape index (κ1) is 28.5. The molecule has 0 aromatic heterocycles. The number of allylic oxidation sites excluding steroid dienone is 1. The average molecular weight is 523 g/mol. The Kier molecular flexibility index (Phi) is 9.22. The highest BCUT2D eigenvalue weighted by Gasteiger charge is 2.33. The summed E-state index contributed by atoms with van der Waals surface area (Å²) in [6.07, 6.45) is 7.65. The fourth-order valence-electron chi connectivity index (χ4n) is 6.23. The Bertz CT molecular complexity index is 1410. The van der Waals surface area contributed by atoms with E-state index in [-0.39, 0.29) is 11.6 Å². The lowest BCUT2D eigenvalue weighted by molar-refractivity contribution is 0.0979. The van der Waals surface area contributed by atoms with Crippen LogP contribution in [0.3, 0.4) is 0 Å². The van der Waals surface area contributed by atoms with Gasteiger partial charge in [-0.1, -0.05) is 49.8 Å². The van der Waals surface area contributed by atoms with Crippen LogP contribution in [0.1, 0.15) is 103 Å². The maximum absolute atomic E-state index is 13.0. The highest BCUT2D eigenvalue weighted by molar-refractivity contribution is 6.13. The Morgan fingerprint density at radius 2 is 1.33 bits per heavy atom. The number of benzene rings is 3. The van der Waals surface area contributed by atoms with Gasteiger partial charge in [0.25, 0.3) is 0 Å². The molecule has 0 saturated heterocycles. The number of aryl methyl sites for hydroxylation is 2. The third-order valence-corrected chi connectivity index (χ3v) is 7.85. The van der Waals surface area contributed by atoms with Crippen LogP contribution in [0.2, 0.25) is 0 Å². The van der Waals surface area contributed by atoms with Crippen molar-refractivity contribution in [1.29, 1.82) is 0 Å². The number of carbonyl (C=O) groups is 2. The van der Waals surface area contributed by atoms with Crippen LogP contribution in [0.5, 0.6) is 5.75 Å². The van der Waals surface area contributed by atoms with Gasteiger partial charge < -0.3 is 4.74 Å². The molecule has 3 aromatic carbocycles. The van der Waals surface area contributed by atoms with Gasteiger partial charge in [0, 0.05) is 11.1 Å². The number of unbranched alkanes of at least 4 members (excludes halogenated alkanes) is 2. The largest absolute Gasteiger partial charge is 0.494 e. The minimum Gasteiger partial charge on any atom is -0.494 e. The zero-order valence-electron chi connectivity index (χ0n) is 24.3. The van der Waals surface area contributed by atoms with E-state index in [1.807, 2.05) is 13.8 Å². The zero-order chi connectivity index (χ0) is 28.1. The van der Waals surface area contributed by atoms with Gasteiger partial charge >= 0.3 is 0 Å². The number of ketones is 2. The minimum atomic E-state index is -0.0156. The topological polar surface area (TPSA) is 43.4 Å². The second-order valence-corrected chi connectivity index (χ2v) is 10.7. The first-order valence-electron chi connectivity index (χ1n) is 14.6. The van der Waals surface area contributed by atoms with E-state index in [9.17, 15) is 9.59 Å². The highest BCUT2D eigenvalue weighted by atomic mass is 16.5. The summed E-state index contributed by atoms with van der Waals surface area (Å²) in [4.78, 5) is 26.0. The van der Waals surface area contributed by atoms with E-state index in [1.54, 1.807) is 13.8 Å². The fourth-order valence-corrected chi connectivity index (χ4v) is 6.23. The molecule has 3 aromatic rings. The molecule has 0 N–H and O–H groups in total. The van der Waals surface area contributed by atoms with E-state index in [1.165, 1.54) is 27.8 Å². The summed E-state index contributed by atoms with van der Waals surface area (Å²) in [7, 11) is 0. The SMILES string of the molecule is C=C(C)CCCCCOc1ccc2c(c1)CCc1c(C(C)=O)c(C(C)=O)c3c(c1-2)-c1ccccc1CC3.CC. The molecule has 0 heterocycles. The molecule has 0 amide bonds. The monoisotopic (exact) mass is 522 g/mol. The normalized spacial score (nSPS) is 12.6. The van der Waals surface area contributed by atoms with Gasteiger partial charge in [-0.3, -0.25) is 9.59 Å². The molecule has 3 nitrogen and oxygen atoms in total. The van der Waals surface area contributed by atoms with Crippen LogP contribution in [-0.4, -0.2) is 18.2 Å². The molecule has 0 bridgehead atoms. The Balaban J connectivity index is 0.00000172. The lowest BCUT2D eigenvalue weighted by Gasteiger charge is -2.32. The molecular weight excluding hydrogens is 480 g/mol. The van der Waals surface area contributed by atoms with Crippen LogP contribution in [0.15, 0.2) is 54.6 Å². The molecule has 0 radical (unpaired) electrons. The number of ether oxygens (including phenoxy) is 1. The van der Waals surface area contributed by atoms with Crippen molar-refractivity contribution in [3.05, 3.63) is 88.0 Å². The summed E-state index contributed by atoms with van der Waals surface area (Å²) in [5.74, 6) is 0.878. The van der Waals surface area contributed by atoms with E-state index >= 15 is 0 Å². The Labute approximate surface area is 234 Å². The van der Waals surface area contributed by atoms with E-state index in [4.69, 9.17) is 4.74 Å². The first-order chi connectivity index (χ1) is 18.9. The van der Waals surface area contributed by atoms with Gasteiger partial charge in [-0.2, -0.15) is 0 Å². The smallest absolute Gasteiger partial charge is 0.160 e. The van der Waals surface area contributed by atoms with Gasteiger partial charge in [0.15, 0.2) is 11.6 Å². The van der Waals surface area contributed by atoms with Crippen LogP contribution >= 0.6 is 0 Å². The molecule has 0 fully saturated rings. The molecule has 0 unspecified atom stereocenters. The maximum atomic E-state index is 13.0. The van der Waals surface area contributed by atoms with Gasteiger partial charge in [0.1, 0.15) is 5.75 Å². The van der Waals surface area contributed by atoms with Crippen molar-refractivity contribution >= 4 is 11.6 Å². The van der Waals surface area contributed by atoms with Crippen LogP contribution in [-0.2, 0) is 25.7 Å².